The van der Waals surface area contributed by atoms with Crippen LogP contribution in [0, 0.1) is 17.5 Å². The lowest BCUT2D eigenvalue weighted by atomic mass is 10.0. The number of rotatable bonds is 7. The minimum Gasteiger partial charge on any atom is -0.429 e. The van der Waals surface area contributed by atoms with Crippen molar-refractivity contribution in [1.29, 1.82) is 0 Å². The van der Waals surface area contributed by atoms with Crippen LogP contribution in [0.25, 0.3) is 10.8 Å². The SMILES string of the molecule is CCCCCc1ccc(C(F)(F)Oc2ccc3c(F)c(F)ccc3c2)c(F)c1. The van der Waals surface area contributed by atoms with Crippen LogP contribution in [0.5, 0.6) is 5.75 Å². The van der Waals surface area contributed by atoms with Crippen molar-refractivity contribution in [2.24, 2.45) is 0 Å². The molecule has 0 aromatic heterocycles. The average Bonchev–Trinajstić information content (AvgIpc) is 2.64. The first kappa shape index (κ1) is 20.1. The zero-order valence-corrected chi connectivity index (χ0v) is 15.2. The van der Waals surface area contributed by atoms with Crippen LogP contribution in [-0.4, -0.2) is 0 Å². The highest BCUT2D eigenvalue weighted by Crippen LogP contribution is 2.35. The smallest absolute Gasteiger partial charge is 0.429 e. The van der Waals surface area contributed by atoms with E-state index in [1.165, 1.54) is 12.1 Å². The van der Waals surface area contributed by atoms with Gasteiger partial charge in [-0.25, -0.2) is 13.2 Å². The Kier molecular flexibility index (Phi) is 5.87. The second-order valence-corrected chi connectivity index (χ2v) is 6.63. The molecule has 1 nitrogen and oxygen atoms in total. The summed E-state index contributed by atoms with van der Waals surface area (Å²) >= 11 is 0. The number of hydrogen-bond donors (Lipinski definition) is 0. The van der Waals surface area contributed by atoms with Gasteiger partial charge >= 0.3 is 6.11 Å². The quantitative estimate of drug-likeness (QED) is 0.306. The molecule has 0 unspecified atom stereocenters. The van der Waals surface area contributed by atoms with E-state index in [1.54, 1.807) is 0 Å². The summed E-state index contributed by atoms with van der Waals surface area (Å²) in [5.74, 6) is -3.43. The molecular formula is C22H19F5O. The fourth-order valence-electron chi connectivity index (χ4n) is 3.04. The molecule has 0 heterocycles. The Hall–Kier alpha value is -2.63. The maximum absolute atomic E-state index is 14.5. The Balaban J connectivity index is 1.83. The molecule has 0 bridgehead atoms. The fraction of sp³-hybridized carbons (Fsp3) is 0.273. The normalized spacial score (nSPS) is 11.8. The van der Waals surface area contributed by atoms with Crippen molar-refractivity contribution in [2.75, 3.05) is 0 Å². The highest BCUT2D eigenvalue weighted by atomic mass is 19.3. The molecule has 148 valence electrons. The minimum atomic E-state index is -3.92. The lowest BCUT2D eigenvalue weighted by molar-refractivity contribution is -0.187. The van der Waals surface area contributed by atoms with Gasteiger partial charge in [0, 0.05) is 5.39 Å². The number of alkyl halides is 2. The molecule has 6 heteroatoms. The maximum Gasteiger partial charge on any atom is 0.429 e. The molecule has 3 aromatic carbocycles. The van der Waals surface area contributed by atoms with Crippen molar-refractivity contribution in [3.8, 4) is 5.75 Å². The standard InChI is InChI=1S/C22H19F5O/c1-2-3-4-5-14-6-10-18(20(24)12-14)22(26,27)28-16-8-9-17-15(13-16)7-11-19(23)21(17)25/h6-13H,2-5H2,1H3. The van der Waals surface area contributed by atoms with E-state index in [0.29, 0.717) is 12.0 Å². The van der Waals surface area contributed by atoms with Crippen molar-refractivity contribution in [2.45, 2.75) is 38.7 Å². The second-order valence-electron chi connectivity index (χ2n) is 6.63. The number of halogens is 5. The fourth-order valence-corrected chi connectivity index (χ4v) is 3.04. The topological polar surface area (TPSA) is 9.23 Å². The predicted molar refractivity (Wildman–Crippen MR) is 98.0 cm³/mol. The minimum absolute atomic E-state index is 0.0571. The third kappa shape index (κ3) is 4.26. The molecule has 0 fully saturated rings. The van der Waals surface area contributed by atoms with Gasteiger partial charge < -0.3 is 4.74 Å². The molecule has 28 heavy (non-hydrogen) atoms. The van der Waals surface area contributed by atoms with Gasteiger partial charge in [-0.15, -0.1) is 0 Å². The third-order valence-electron chi connectivity index (χ3n) is 4.54. The van der Waals surface area contributed by atoms with Crippen molar-refractivity contribution in [3.63, 3.8) is 0 Å². The van der Waals surface area contributed by atoms with Gasteiger partial charge in [0.2, 0.25) is 0 Å². The lowest BCUT2D eigenvalue weighted by Crippen LogP contribution is -2.23. The highest BCUT2D eigenvalue weighted by Gasteiger charge is 2.37. The molecule has 0 aliphatic carbocycles. The summed E-state index contributed by atoms with van der Waals surface area (Å²) in [5, 5.41) is 0.136. The number of fused-ring (bicyclic) bond motifs is 1. The number of ether oxygens (including phenoxy) is 1. The van der Waals surface area contributed by atoms with E-state index in [1.807, 2.05) is 6.92 Å². The van der Waals surface area contributed by atoms with Gasteiger partial charge in [0.15, 0.2) is 11.6 Å². The Morgan fingerprint density at radius 1 is 0.857 bits per heavy atom. The first-order valence-electron chi connectivity index (χ1n) is 9.05. The van der Waals surface area contributed by atoms with Crippen LogP contribution < -0.4 is 4.74 Å². The van der Waals surface area contributed by atoms with Crippen LogP contribution in [0.15, 0.2) is 48.5 Å². The monoisotopic (exact) mass is 394 g/mol. The van der Waals surface area contributed by atoms with Gasteiger partial charge in [-0.2, -0.15) is 8.78 Å². The van der Waals surface area contributed by atoms with Gasteiger partial charge in [-0.3, -0.25) is 0 Å². The van der Waals surface area contributed by atoms with Crippen molar-refractivity contribution in [1.82, 2.24) is 0 Å². The van der Waals surface area contributed by atoms with Crippen LogP contribution in [0.4, 0.5) is 22.0 Å². The van der Waals surface area contributed by atoms with E-state index in [2.05, 4.69) is 0 Å². The van der Waals surface area contributed by atoms with Gasteiger partial charge in [0.25, 0.3) is 0 Å². The summed E-state index contributed by atoms with van der Waals surface area (Å²) < 4.78 is 74.9. The first-order valence-corrected chi connectivity index (χ1v) is 9.05. The van der Waals surface area contributed by atoms with Gasteiger partial charge in [-0.05, 0) is 60.2 Å². The van der Waals surface area contributed by atoms with Crippen molar-refractivity contribution < 1.29 is 26.7 Å². The van der Waals surface area contributed by atoms with Gasteiger partial charge in [-0.1, -0.05) is 31.9 Å². The van der Waals surface area contributed by atoms with E-state index >= 15 is 0 Å². The van der Waals surface area contributed by atoms with Crippen LogP contribution in [0.2, 0.25) is 0 Å². The second kappa shape index (κ2) is 8.17. The predicted octanol–water partition coefficient (Wildman–Crippen LogP) is 7.12. The molecule has 0 saturated heterocycles. The van der Waals surface area contributed by atoms with Crippen LogP contribution in [0.3, 0.4) is 0 Å². The Morgan fingerprint density at radius 2 is 1.64 bits per heavy atom. The van der Waals surface area contributed by atoms with Gasteiger partial charge in [0.1, 0.15) is 11.6 Å². The Morgan fingerprint density at radius 3 is 2.36 bits per heavy atom. The number of unbranched alkanes of at least 4 members (excludes halogenated alkanes) is 2. The maximum atomic E-state index is 14.5. The van der Waals surface area contributed by atoms with E-state index in [4.69, 9.17) is 4.74 Å². The van der Waals surface area contributed by atoms with E-state index in [0.717, 1.165) is 55.7 Å². The summed E-state index contributed by atoms with van der Waals surface area (Å²) in [6.07, 6.45) is -0.456. The molecular weight excluding hydrogens is 375 g/mol. The summed E-state index contributed by atoms with van der Waals surface area (Å²) in [6.45, 7) is 2.04. The number of hydrogen-bond acceptors (Lipinski definition) is 1. The number of aryl methyl sites for hydroxylation is 1. The lowest BCUT2D eigenvalue weighted by Gasteiger charge is -2.19. The Bertz CT molecular complexity index is 984. The van der Waals surface area contributed by atoms with E-state index in [-0.39, 0.29) is 16.5 Å². The average molecular weight is 394 g/mol. The molecule has 0 amide bonds. The summed E-state index contributed by atoms with van der Waals surface area (Å²) in [7, 11) is 0. The van der Waals surface area contributed by atoms with E-state index in [9.17, 15) is 22.0 Å². The highest BCUT2D eigenvalue weighted by molar-refractivity contribution is 5.84. The molecule has 0 N–H and O–H groups in total. The van der Waals surface area contributed by atoms with Crippen molar-refractivity contribution >= 4 is 10.8 Å². The molecule has 0 atom stereocenters. The van der Waals surface area contributed by atoms with Crippen LogP contribution >= 0.6 is 0 Å². The number of benzene rings is 3. The summed E-state index contributed by atoms with van der Waals surface area (Å²) in [6, 6.07) is 9.13. The largest absolute Gasteiger partial charge is 0.429 e. The van der Waals surface area contributed by atoms with Crippen LogP contribution in [-0.2, 0) is 12.5 Å². The van der Waals surface area contributed by atoms with Gasteiger partial charge in [0.05, 0.1) is 5.56 Å². The van der Waals surface area contributed by atoms with Crippen molar-refractivity contribution in [3.05, 3.63) is 77.1 Å². The summed E-state index contributed by atoms with van der Waals surface area (Å²) in [5.41, 5.74) is -0.231. The molecule has 3 aromatic rings. The van der Waals surface area contributed by atoms with Crippen LogP contribution in [0.1, 0.15) is 37.3 Å². The molecule has 3 rings (SSSR count). The molecule has 0 saturated carbocycles. The molecule has 0 spiro atoms. The first-order chi connectivity index (χ1) is 13.3. The molecule has 0 radical (unpaired) electrons. The van der Waals surface area contributed by atoms with E-state index < -0.39 is 29.1 Å². The zero-order valence-electron chi connectivity index (χ0n) is 15.2. The Labute approximate surface area is 159 Å². The third-order valence-corrected chi connectivity index (χ3v) is 4.54. The molecule has 0 aliphatic heterocycles. The zero-order chi connectivity index (χ0) is 20.3. The molecule has 0 aliphatic rings. The summed E-state index contributed by atoms with van der Waals surface area (Å²) in [4.78, 5) is 0.